The summed E-state index contributed by atoms with van der Waals surface area (Å²) >= 11 is 2.96. The topological polar surface area (TPSA) is 84.4 Å². The van der Waals surface area contributed by atoms with E-state index in [-0.39, 0.29) is 5.84 Å². The smallest absolute Gasteiger partial charge is 0.172 e. The van der Waals surface area contributed by atoms with Crippen LogP contribution in [0.2, 0.25) is 0 Å². The van der Waals surface area contributed by atoms with Crippen molar-refractivity contribution in [2.45, 2.75) is 16.3 Å². The van der Waals surface area contributed by atoms with Gasteiger partial charge in [0.25, 0.3) is 0 Å². The highest BCUT2D eigenvalue weighted by Crippen LogP contribution is 2.32. The molecular formula is C14H12N4OS2. The number of amidine groups is 1. The van der Waals surface area contributed by atoms with Crippen LogP contribution in [-0.2, 0) is 0 Å². The molecule has 7 heteroatoms. The van der Waals surface area contributed by atoms with Crippen LogP contribution in [0.15, 0.2) is 50.2 Å². The average Bonchev–Trinajstić information content (AvgIpc) is 2.91. The Balaban J connectivity index is 2.13. The molecule has 3 aromatic rings. The quantitative estimate of drug-likeness (QED) is 0.335. The van der Waals surface area contributed by atoms with Crippen LogP contribution in [0, 0.1) is 6.92 Å². The fourth-order valence-electron chi connectivity index (χ4n) is 1.88. The van der Waals surface area contributed by atoms with E-state index in [0.717, 1.165) is 20.9 Å². The summed E-state index contributed by atoms with van der Waals surface area (Å²) in [4.78, 5) is 9.02. The minimum Gasteiger partial charge on any atom is -0.409 e. The zero-order chi connectivity index (χ0) is 14.8. The maximum absolute atomic E-state index is 8.97. The molecule has 106 valence electrons. The van der Waals surface area contributed by atoms with Gasteiger partial charge >= 0.3 is 0 Å². The van der Waals surface area contributed by atoms with Crippen LogP contribution >= 0.6 is 23.1 Å². The van der Waals surface area contributed by atoms with Gasteiger partial charge in [0.15, 0.2) is 10.2 Å². The number of aryl methyl sites for hydroxylation is 1. The number of oxime groups is 1. The zero-order valence-corrected chi connectivity index (χ0v) is 12.8. The molecule has 3 rings (SSSR count). The van der Waals surface area contributed by atoms with Crippen LogP contribution in [0.5, 0.6) is 0 Å². The first-order valence-corrected chi connectivity index (χ1v) is 7.84. The molecule has 0 saturated heterocycles. The Morgan fingerprint density at radius 2 is 2.14 bits per heavy atom. The molecule has 0 unspecified atom stereocenters. The van der Waals surface area contributed by atoms with Gasteiger partial charge in [-0.05, 0) is 30.8 Å². The van der Waals surface area contributed by atoms with Gasteiger partial charge in [-0.15, -0.1) is 11.3 Å². The molecule has 0 amide bonds. The van der Waals surface area contributed by atoms with E-state index in [2.05, 4.69) is 15.1 Å². The van der Waals surface area contributed by atoms with Crippen LogP contribution in [0.1, 0.15) is 11.3 Å². The summed E-state index contributed by atoms with van der Waals surface area (Å²) in [6.45, 7) is 1.94. The maximum atomic E-state index is 8.97. The van der Waals surface area contributed by atoms with Crippen LogP contribution in [-0.4, -0.2) is 21.0 Å². The van der Waals surface area contributed by atoms with Crippen molar-refractivity contribution in [2.24, 2.45) is 10.9 Å². The number of thiazole rings is 1. The first-order chi connectivity index (χ1) is 10.2. The van der Waals surface area contributed by atoms with Crippen LogP contribution in [0.4, 0.5) is 0 Å². The van der Waals surface area contributed by atoms with Crippen molar-refractivity contribution in [3.8, 4) is 0 Å². The van der Waals surface area contributed by atoms with Gasteiger partial charge in [0.2, 0.25) is 0 Å². The van der Waals surface area contributed by atoms with Gasteiger partial charge < -0.3 is 10.9 Å². The zero-order valence-electron chi connectivity index (χ0n) is 11.1. The standard InChI is InChI=1S/C14H12N4OS2/c1-8-7-20-14(16-8)21-13-10(12(15)18-19)6-9-4-2-3-5-11(9)17-13/h2-7,19H,1H3,(H2,15,18). The average molecular weight is 316 g/mol. The maximum Gasteiger partial charge on any atom is 0.172 e. The van der Waals surface area contributed by atoms with Crippen LogP contribution < -0.4 is 5.73 Å². The lowest BCUT2D eigenvalue weighted by atomic mass is 10.1. The number of nitrogens with two attached hydrogens (primary N) is 1. The summed E-state index contributed by atoms with van der Waals surface area (Å²) in [7, 11) is 0. The van der Waals surface area contributed by atoms with Gasteiger partial charge in [0.05, 0.1) is 11.1 Å². The van der Waals surface area contributed by atoms with Crippen molar-refractivity contribution in [1.82, 2.24) is 9.97 Å². The Labute approximate surface area is 129 Å². The summed E-state index contributed by atoms with van der Waals surface area (Å²) < 4.78 is 0.877. The van der Waals surface area contributed by atoms with E-state index in [1.165, 1.54) is 11.8 Å². The van der Waals surface area contributed by atoms with Crippen molar-refractivity contribution in [1.29, 1.82) is 0 Å². The van der Waals surface area contributed by atoms with Crippen molar-refractivity contribution < 1.29 is 5.21 Å². The normalized spacial score (nSPS) is 12.0. The summed E-state index contributed by atoms with van der Waals surface area (Å²) in [5.41, 5.74) is 8.21. The lowest BCUT2D eigenvalue weighted by molar-refractivity contribution is 0.318. The highest BCUT2D eigenvalue weighted by Gasteiger charge is 2.14. The Hall–Kier alpha value is -2.12. The van der Waals surface area contributed by atoms with Gasteiger partial charge in [0, 0.05) is 16.5 Å². The van der Waals surface area contributed by atoms with E-state index in [4.69, 9.17) is 10.9 Å². The highest BCUT2D eigenvalue weighted by atomic mass is 32.2. The Bertz CT molecular complexity index is 829. The fraction of sp³-hybridized carbons (Fsp3) is 0.0714. The SMILES string of the molecule is Cc1csc(Sc2nc3ccccc3cc2C(N)=NO)n1. The fourth-order valence-corrected chi connectivity index (χ4v) is 3.74. The molecule has 0 fully saturated rings. The first-order valence-electron chi connectivity index (χ1n) is 6.15. The molecule has 0 aliphatic heterocycles. The molecule has 3 N–H and O–H groups in total. The molecule has 5 nitrogen and oxygen atoms in total. The lowest BCUT2D eigenvalue weighted by Crippen LogP contribution is -2.15. The molecule has 2 heterocycles. The predicted molar refractivity (Wildman–Crippen MR) is 85.2 cm³/mol. The van der Waals surface area contributed by atoms with E-state index in [0.29, 0.717) is 10.6 Å². The number of nitrogens with zero attached hydrogens (tertiary/aromatic N) is 3. The third kappa shape index (κ3) is 2.84. The Morgan fingerprint density at radius 1 is 1.33 bits per heavy atom. The van der Waals surface area contributed by atoms with Crippen molar-refractivity contribution in [3.05, 3.63) is 47.0 Å². The molecule has 1 aromatic carbocycles. The number of aromatic nitrogens is 2. The second-order valence-corrected chi connectivity index (χ2v) is 6.47. The van der Waals surface area contributed by atoms with Crippen molar-refractivity contribution >= 4 is 39.8 Å². The van der Waals surface area contributed by atoms with E-state index in [1.54, 1.807) is 11.3 Å². The second kappa shape index (κ2) is 5.71. The number of fused-ring (bicyclic) bond motifs is 1. The number of para-hydroxylation sites is 1. The monoisotopic (exact) mass is 316 g/mol. The second-order valence-electron chi connectivity index (χ2n) is 4.38. The van der Waals surface area contributed by atoms with Gasteiger partial charge in [-0.1, -0.05) is 23.4 Å². The number of benzene rings is 1. The molecular weight excluding hydrogens is 304 g/mol. The van der Waals surface area contributed by atoms with Gasteiger partial charge in [0.1, 0.15) is 5.03 Å². The summed E-state index contributed by atoms with van der Waals surface area (Å²) in [5.74, 6) is 0.0454. The predicted octanol–water partition coefficient (Wildman–Crippen LogP) is 3.25. The minimum absolute atomic E-state index is 0.0454. The van der Waals surface area contributed by atoms with Crippen molar-refractivity contribution in [2.75, 3.05) is 0 Å². The third-order valence-corrected chi connectivity index (χ3v) is 4.92. The van der Waals surface area contributed by atoms with E-state index in [9.17, 15) is 0 Å². The van der Waals surface area contributed by atoms with Crippen molar-refractivity contribution in [3.63, 3.8) is 0 Å². The Kier molecular flexibility index (Phi) is 3.76. The number of rotatable bonds is 3. The molecule has 0 atom stereocenters. The molecule has 0 aliphatic carbocycles. The molecule has 21 heavy (non-hydrogen) atoms. The largest absolute Gasteiger partial charge is 0.409 e. The Morgan fingerprint density at radius 3 is 2.86 bits per heavy atom. The molecule has 0 aliphatic rings. The summed E-state index contributed by atoms with van der Waals surface area (Å²) in [6, 6.07) is 9.61. The van der Waals surface area contributed by atoms with Gasteiger partial charge in [-0.2, -0.15) is 0 Å². The van der Waals surface area contributed by atoms with E-state index >= 15 is 0 Å². The first kappa shape index (κ1) is 13.8. The number of hydrogen-bond acceptors (Lipinski definition) is 6. The van der Waals surface area contributed by atoms with Crippen LogP contribution in [0.3, 0.4) is 0 Å². The molecule has 2 aromatic heterocycles. The van der Waals surface area contributed by atoms with Crippen LogP contribution in [0.25, 0.3) is 10.9 Å². The van der Waals surface area contributed by atoms with Gasteiger partial charge in [-0.25, -0.2) is 9.97 Å². The summed E-state index contributed by atoms with van der Waals surface area (Å²) in [5, 5.41) is 15.7. The lowest BCUT2D eigenvalue weighted by Gasteiger charge is -2.07. The molecule has 0 radical (unpaired) electrons. The number of hydrogen-bond donors (Lipinski definition) is 2. The molecule has 0 spiro atoms. The molecule has 0 saturated carbocycles. The molecule has 0 bridgehead atoms. The van der Waals surface area contributed by atoms with E-state index < -0.39 is 0 Å². The third-order valence-electron chi connectivity index (χ3n) is 2.85. The summed E-state index contributed by atoms with van der Waals surface area (Å²) in [6.07, 6.45) is 0. The highest BCUT2D eigenvalue weighted by molar-refractivity contribution is 8.01. The van der Waals surface area contributed by atoms with E-state index in [1.807, 2.05) is 42.6 Å². The number of pyridine rings is 1. The van der Waals surface area contributed by atoms with Gasteiger partial charge in [-0.3, -0.25) is 0 Å². The minimum atomic E-state index is 0.0454.